The molecule has 0 saturated carbocycles. The minimum atomic E-state index is -0.499. The van der Waals surface area contributed by atoms with E-state index in [1.807, 2.05) is 29.0 Å². The number of nitrogens with one attached hydrogen (secondary N) is 1. The highest BCUT2D eigenvalue weighted by molar-refractivity contribution is 5.94. The van der Waals surface area contributed by atoms with Crippen LogP contribution in [0.15, 0.2) is 54.9 Å². The normalized spacial score (nSPS) is 10.8. The Balaban J connectivity index is 1.54. The predicted molar refractivity (Wildman–Crippen MR) is 83.1 cm³/mol. The van der Waals surface area contributed by atoms with Gasteiger partial charge in [0.25, 0.3) is 5.91 Å². The van der Waals surface area contributed by atoms with Gasteiger partial charge in [0.2, 0.25) is 0 Å². The minimum Gasteiger partial charge on any atom is -0.352 e. The van der Waals surface area contributed by atoms with Gasteiger partial charge in [-0.25, -0.2) is 9.37 Å². The lowest BCUT2D eigenvalue weighted by Gasteiger charge is -2.07. The summed E-state index contributed by atoms with van der Waals surface area (Å²) in [4.78, 5) is 16.2. The minimum absolute atomic E-state index is 0.0792. The maximum Gasteiger partial charge on any atom is 0.254 e. The molecule has 1 aromatic carbocycles. The fraction of sp³-hybridized carbons (Fsp3) is 0.176. The number of halogens is 1. The third kappa shape index (κ3) is 2.98. The smallest absolute Gasteiger partial charge is 0.254 e. The molecule has 2 heterocycles. The second-order valence-corrected chi connectivity index (χ2v) is 5.01. The number of nitrogens with zero attached hydrogens (tertiary/aromatic N) is 2. The van der Waals surface area contributed by atoms with Gasteiger partial charge in [0.1, 0.15) is 11.5 Å². The second kappa shape index (κ2) is 6.39. The van der Waals surface area contributed by atoms with Crippen molar-refractivity contribution in [1.82, 2.24) is 14.9 Å². The van der Waals surface area contributed by atoms with Gasteiger partial charge in [-0.05, 0) is 36.8 Å². The van der Waals surface area contributed by atoms with E-state index in [-0.39, 0.29) is 11.5 Å². The van der Waals surface area contributed by atoms with Crippen molar-refractivity contribution in [3.63, 3.8) is 0 Å². The Kier molecular flexibility index (Phi) is 4.14. The quantitative estimate of drug-likeness (QED) is 0.736. The number of carbonyl (C=O) groups excluding carboxylic acids is 1. The number of benzene rings is 1. The molecule has 0 spiro atoms. The van der Waals surface area contributed by atoms with Crippen molar-refractivity contribution in [2.75, 3.05) is 6.54 Å². The molecule has 5 heteroatoms. The first-order chi connectivity index (χ1) is 10.8. The number of hydrogen-bond donors (Lipinski definition) is 1. The van der Waals surface area contributed by atoms with Crippen molar-refractivity contribution in [2.45, 2.75) is 13.0 Å². The highest BCUT2D eigenvalue weighted by Crippen LogP contribution is 2.12. The van der Waals surface area contributed by atoms with Crippen LogP contribution in [0.1, 0.15) is 16.8 Å². The molecule has 0 aliphatic heterocycles. The van der Waals surface area contributed by atoms with Crippen molar-refractivity contribution in [1.29, 1.82) is 0 Å². The van der Waals surface area contributed by atoms with Gasteiger partial charge in [-0.15, -0.1) is 0 Å². The topological polar surface area (TPSA) is 46.9 Å². The van der Waals surface area contributed by atoms with Gasteiger partial charge in [-0.1, -0.05) is 12.1 Å². The molecule has 3 aromatic rings. The van der Waals surface area contributed by atoms with Gasteiger partial charge in [0.05, 0.1) is 5.56 Å². The lowest BCUT2D eigenvalue weighted by atomic mass is 10.2. The van der Waals surface area contributed by atoms with Gasteiger partial charge in [0, 0.05) is 30.9 Å². The van der Waals surface area contributed by atoms with E-state index in [1.54, 1.807) is 18.3 Å². The summed E-state index contributed by atoms with van der Waals surface area (Å²) in [5.41, 5.74) is 1.01. The highest BCUT2D eigenvalue weighted by atomic mass is 19.1. The molecule has 2 aromatic heterocycles. The Hall–Kier alpha value is -2.69. The molecule has 4 nitrogen and oxygen atoms in total. The van der Waals surface area contributed by atoms with E-state index in [0.29, 0.717) is 6.54 Å². The van der Waals surface area contributed by atoms with Crippen LogP contribution in [-0.2, 0) is 6.54 Å². The summed E-state index contributed by atoms with van der Waals surface area (Å²) in [6.45, 7) is 1.23. The van der Waals surface area contributed by atoms with Crippen LogP contribution in [0.2, 0.25) is 0 Å². The molecule has 0 aliphatic carbocycles. The number of amides is 1. The summed E-state index contributed by atoms with van der Waals surface area (Å²) >= 11 is 0. The molecule has 0 bridgehead atoms. The first-order valence-electron chi connectivity index (χ1n) is 7.18. The molecular formula is C17H16FN3O. The van der Waals surface area contributed by atoms with Crippen molar-refractivity contribution in [3.8, 4) is 0 Å². The Labute approximate surface area is 127 Å². The zero-order valence-corrected chi connectivity index (χ0v) is 12.0. The van der Waals surface area contributed by atoms with E-state index in [4.69, 9.17) is 0 Å². The number of rotatable bonds is 5. The van der Waals surface area contributed by atoms with Crippen molar-refractivity contribution >= 4 is 16.9 Å². The fourth-order valence-electron chi connectivity index (χ4n) is 2.39. The molecule has 0 atom stereocenters. The van der Waals surface area contributed by atoms with Crippen LogP contribution in [0.4, 0.5) is 4.39 Å². The number of fused-ring (bicyclic) bond motifs is 1. The SMILES string of the molecule is O=C(NCCCn1ccc2cccnc21)c1ccccc1F. The van der Waals surface area contributed by atoms with Crippen LogP contribution < -0.4 is 5.32 Å². The Morgan fingerprint density at radius 1 is 1.18 bits per heavy atom. The number of aromatic nitrogens is 2. The molecule has 1 amide bonds. The van der Waals surface area contributed by atoms with Gasteiger partial charge in [-0.3, -0.25) is 4.79 Å². The number of pyridine rings is 1. The van der Waals surface area contributed by atoms with Crippen molar-refractivity contribution < 1.29 is 9.18 Å². The molecule has 0 fully saturated rings. The second-order valence-electron chi connectivity index (χ2n) is 5.01. The van der Waals surface area contributed by atoms with Crippen LogP contribution in [0, 0.1) is 5.82 Å². The summed E-state index contributed by atoms with van der Waals surface area (Å²) in [5, 5.41) is 3.83. The van der Waals surface area contributed by atoms with Gasteiger partial charge in [-0.2, -0.15) is 0 Å². The van der Waals surface area contributed by atoms with Crippen molar-refractivity contribution in [2.24, 2.45) is 0 Å². The summed E-state index contributed by atoms with van der Waals surface area (Å²) in [7, 11) is 0. The molecule has 0 radical (unpaired) electrons. The molecular weight excluding hydrogens is 281 g/mol. The van der Waals surface area contributed by atoms with Crippen LogP contribution in [0.25, 0.3) is 11.0 Å². The lowest BCUT2D eigenvalue weighted by Crippen LogP contribution is -2.26. The van der Waals surface area contributed by atoms with Gasteiger partial charge in [0.15, 0.2) is 0 Å². The average Bonchev–Trinajstić information content (AvgIpc) is 2.95. The maximum atomic E-state index is 13.5. The van der Waals surface area contributed by atoms with E-state index in [9.17, 15) is 9.18 Å². The Bertz CT molecular complexity index is 797. The van der Waals surface area contributed by atoms with Crippen LogP contribution >= 0.6 is 0 Å². The van der Waals surface area contributed by atoms with E-state index < -0.39 is 5.82 Å². The van der Waals surface area contributed by atoms with E-state index in [2.05, 4.69) is 10.3 Å². The van der Waals surface area contributed by atoms with E-state index in [0.717, 1.165) is 24.0 Å². The molecule has 1 N–H and O–H groups in total. The zero-order chi connectivity index (χ0) is 15.4. The molecule has 112 valence electrons. The number of carbonyl (C=O) groups is 1. The zero-order valence-electron chi connectivity index (χ0n) is 12.0. The Morgan fingerprint density at radius 2 is 2.05 bits per heavy atom. The lowest BCUT2D eigenvalue weighted by molar-refractivity contribution is 0.0949. The summed E-state index contributed by atoms with van der Waals surface area (Å²) < 4.78 is 15.5. The summed E-state index contributed by atoms with van der Waals surface area (Å²) in [6.07, 6.45) is 4.50. The van der Waals surface area contributed by atoms with E-state index >= 15 is 0 Å². The molecule has 22 heavy (non-hydrogen) atoms. The molecule has 0 unspecified atom stereocenters. The van der Waals surface area contributed by atoms with E-state index in [1.165, 1.54) is 12.1 Å². The summed E-state index contributed by atoms with van der Waals surface area (Å²) in [6, 6.07) is 11.9. The monoisotopic (exact) mass is 297 g/mol. The predicted octanol–water partition coefficient (Wildman–Crippen LogP) is 3.00. The molecule has 0 saturated heterocycles. The standard InChI is InChI=1S/C17H16FN3O/c18-15-7-2-1-6-14(15)17(22)20-10-4-11-21-12-8-13-5-3-9-19-16(13)21/h1-3,5-9,12H,4,10-11H2,(H,20,22). The van der Waals surface area contributed by atoms with Gasteiger partial charge >= 0.3 is 0 Å². The summed E-state index contributed by atoms with van der Waals surface area (Å²) in [5.74, 6) is -0.880. The number of aryl methyl sites for hydroxylation is 1. The average molecular weight is 297 g/mol. The Morgan fingerprint density at radius 3 is 2.91 bits per heavy atom. The van der Waals surface area contributed by atoms with Crippen molar-refractivity contribution in [3.05, 3.63) is 66.2 Å². The van der Waals surface area contributed by atoms with Gasteiger partial charge < -0.3 is 9.88 Å². The van der Waals surface area contributed by atoms with Crippen LogP contribution in [0.3, 0.4) is 0 Å². The first-order valence-corrected chi connectivity index (χ1v) is 7.18. The largest absolute Gasteiger partial charge is 0.352 e. The van der Waals surface area contributed by atoms with Crippen LogP contribution in [-0.4, -0.2) is 22.0 Å². The maximum absolute atomic E-state index is 13.5. The third-order valence-corrected chi connectivity index (χ3v) is 3.50. The van der Waals surface area contributed by atoms with Crippen LogP contribution in [0.5, 0.6) is 0 Å². The fourth-order valence-corrected chi connectivity index (χ4v) is 2.39. The first kappa shape index (κ1) is 14.3. The number of hydrogen-bond acceptors (Lipinski definition) is 2. The molecule has 3 rings (SSSR count). The molecule has 0 aliphatic rings. The highest BCUT2D eigenvalue weighted by Gasteiger charge is 2.09. The third-order valence-electron chi connectivity index (χ3n) is 3.50.